The van der Waals surface area contributed by atoms with Crippen LogP contribution in [0.4, 0.5) is 0 Å². The van der Waals surface area contributed by atoms with Gasteiger partial charge in [-0.25, -0.2) is 0 Å². The van der Waals surface area contributed by atoms with Crippen molar-refractivity contribution >= 4 is 5.91 Å². The van der Waals surface area contributed by atoms with Gasteiger partial charge < -0.3 is 15.2 Å². The molecule has 0 saturated carbocycles. The molecular formula is C14H23N3O. The molecule has 4 nitrogen and oxygen atoms in total. The molecule has 1 aromatic rings. The van der Waals surface area contributed by atoms with Crippen LogP contribution in [-0.2, 0) is 10.2 Å². The van der Waals surface area contributed by atoms with Crippen LogP contribution in [0.1, 0.15) is 30.8 Å². The number of hydrogen-bond donors (Lipinski definition) is 2. The van der Waals surface area contributed by atoms with E-state index in [1.165, 1.54) is 0 Å². The van der Waals surface area contributed by atoms with Crippen LogP contribution in [0.3, 0.4) is 0 Å². The summed E-state index contributed by atoms with van der Waals surface area (Å²) in [7, 11) is 0. The predicted octanol–water partition coefficient (Wildman–Crippen LogP) is 1.34. The molecule has 0 atom stereocenters. The quantitative estimate of drug-likeness (QED) is 0.831. The van der Waals surface area contributed by atoms with Crippen molar-refractivity contribution in [1.82, 2.24) is 15.2 Å². The normalized spacial score (nSPS) is 17.0. The number of carbonyl (C=O) groups is 1. The van der Waals surface area contributed by atoms with Crippen LogP contribution in [0.5, 0.6) is 0 Å². The van der Waals surface area contributed by atoms with Crippen LogP contribution in [0.2, 0.25) is 0 Å². The largest absolute Gasteiger partial charge is 0.362 e. The van der Waals surface area contributed by atoms with Gasteiger partial charge in [-0.15, -0.1) is 0 Å². The van der Waals surface area contributed by atoms with Gasteiger partial charge in [-0.1, -0.05) is 0 Å². The standard InChI is InChI=1S/C14H23N3O/c1-10-9-12(11(2)16-10)14(3,4)13(18)17-7-5-15-6-8-17/h9,15-16H,5-8H2,1-4H3. The molecule has 2 N–H and O–H groups in total. The van der Waals surface area contributed by atoms with E-state index in [1.807, 2.05) is 32.6 Å². The van der Waals surface area contributed by atoms with E-state index in [4.69, 9.17) is 0 Å². The molecule has 100 valence electrons. The maximum absolute atomic E-state index is 12.7. The first kappa shape index (κ1) is 13.1. The van der Waals surface area contributed by atoms with E-state index in [2.05, 4.69) is 16.4 Å². The molecule has 4 heteroatoms. The highest BCUT2D eigenvalue weighted by Crippen LogP contribution is 2.29. The Labute approximate surface area is 109 Å². The summed E-state index contributed by atoms with van der Waals surface area (Å²) in [5, 5.41) is 3.28. The van der Waals surface area contributed by atoms with Crippen molar-refractivity contribution in [2.75, 3.05) is 26.2 Å². The molecule has 18 heavy (non-hydrogen) atoms. The number of hydrogen-bond acceptors (Lipinski definition) is 2. The monoisotopic (exact) mass is 249 g/mol. The molecule has 1 saturated heterocycles. The van der Waals surface area contributed by atoms with Gasteiger partial charge >= 0.3 is 0 Å². The van der Waals surface area contributed by atoms with E-state index in [0.717, 1.165) is 43.1 Å². The van der Waals surface area contributed by atoms with Gasteiger partial charge in [0, 0.05) is 37.6 Å². The second kappa shape index (κ2) is 4.76. The molecule has 0 bridgehead atoms. The van der Waals surface area contributed by atoms with E-state index in [0.29, 0.717) is 0 Å². The molecular weight excluding hydrogens is 226 g/mol. The molecule has 1 fully saturated rings. The Kier molecular flexibility index (Phi) is 3.48. The van der Waals surface area contributed by atoms with Crippen LogP contribution < -0.4 is 5.32 Å². The average molecular weight is 249 g/mol. The summed E-state index contributed by atoms with van der Waals surface area (Å²) in [4.78, 5) is 17.9. The van der Waals surface area contributed by atoms with Gasteiger partial charge in [-0.05, 0) is 39.3 Å². The highest BCUT2D eigenvalue weighted by atomic mass is 16.2. The fourth-order valence-corrected chi connectivity index (χ4v) is 2.75. The van der Waals surface area contributed by atoms with E-state index >= 15 is 0 Å². The molecule has 1 amide bonds. The summed E-state index contributed by atoms with van der Waals surface area (Å²) in [6.45, 7) is 11.5. The van der Waals surface area contributed by atoms with E-state index < -0.39 is 5.41 Å². The zero-order valence-electron chi connectivity index (χ0n) is 11.8. The summed E-state index contributed by atoms with van der Waals surface area (Å²) in [5.74, 6) is 0.228. The van der Waals surface area contributed by atoms with Gasteiger partial charge in [0.15, 0.2) is 0 Å². The Morgan fingerprint density at radius 1 is 1.28 bits per heavy atom. The van der Waals surface area contributed by atoms with Crippen molar-refractivity contribution in [3.63, 3.8) is 0 Å². The molecule has 2 heterocycles. The van der Waals surface area contributed by atoms with Gasteiger partial charge in [0.05, 0.1) is 5.41 Å². The third-order valence-electron chi connectivity index (χ3n) is 3.76. The van der Waals surface area contributed by atoms with Gasteiger partial charge in [-0.3, -0.25) is 4.79 Å². The Morgan fingerprint density at radius 3 is 2.39 bits per heavy atom. The molecule has 0 radical (unpaired) electrons. The fourth-order valence-electron chi connectivity index (χ4n) is 2.75. The van der Waals surface area contributed by atoms with Gasteiger partial charge in [0.2, 0.25) is 5.91 Å². The summed E-state index contributed by atoms with van der Waals surface area (Å²) < 4.78 is 0. The minimum Gasteiger partial charge on any atom is -0.362 e. The van der Waals surface area contributed by atoms with Crippen LogP contribution in [0, 0.1) is 13.8 Å². The van der Waals surface area contributed by atoms with Gasteiger partial charge in [0.25, 0.3) is 0 Å². The zero-order chi connectivity index (χ0) is 13.3. The topological polar surface area (TPSA) is 48.1 Å². The number of aryl methyl sites for hydroxylation is 2. The van der Waals surface area contributed by atoms with Crippen LogP contribution >= 0.6 is 0 Å². The minimum atomic E-state index is -0.452. The Hall–Kier alpha value is -1.29. The predicted molar refractivity (Wildman–Crippen MR) is 72.7 cm³/mol. The summed E-state index contributed by atoms with van der Waals surface area (Å²) in [6, 6.07) is 2.09. The molecule has 0 unspecified atom stereocenters. The van der Waals surface area contributed by atoms with Crippen molar-refractivity contribution in [3.05, 3.63) is 23.0 Å². The Morgan fingerprint density at radius 2 is 1.89 bits per heavy atom. The number of nitrogens with zero attached hydrogens (tertiary/aromatic N) is 1. The van der Waals surface area contributed by atoms with Crippen molar-refractivity contribution < 1.29 is 4.79 Å². The zero-order valence-corrected chi connectivity index (χ0v) is 11.8. The lowest BCUT2D eigenvalue weighted by Crippen LogP contribution is -2.51. The fraction of sp³-hybridized carbons (Fsp3) is 0.643. The van der Waals surface area contributed by atoms with Crippen LogP contribution in [-0.4, -0.2) is 42.0 Å². The van der Waals surface area contributed by atoms with E-state index in [9.17, 15) is 4.79 Å². The van der Waals surface area contributed by atoms with Crippen molar-refractivity contribution in [1.29, 1.82) is 0 Å². The maximum Gasteiger partial charge on any atom is 0.232 e. The third kappa shape index (κ3) is 2.29. The molecule has 0 aliphatic carbocycles. The highest BCUT2D eigenvalue weighted by Gasteiger charge is 2.35. The lowest BCUT2D eigenvalue weighted by molar-refractivity contribution is -0.136. The van der Waals surface area contributed by atoms with Crippen molar-refractivity contribution in [3.8, 4) is 0 Å². The van der Waals surface area contributed by atoms with E-state index in [-0.39, 0.29) is 5.91 Å². The first-order valence-electron chi connectivity index (χ1n) is 6.59. The van der Waals surface area contributed by atoms with Gasteiger partial charge in [-0.2, -0.15) is 0 Å². The second-order valence-electron chi connectivity index (χ2n) is 5.66. The lowest BCUT2D eigenvalue weighted by atomic mass is 9.83. The summed E-state index contributed by atoms with van der Waals surface area (Å²) in [5.41, 5.74) is 2.87. The number of amides is 1. The van der Waals surface area contributed by atoms with Crippen LogP contribution in [0.15, 0.2) is 6.07 Å². The van der Waals surface area contributed by atoms with Gasteiger partial charge in [0.1, 0.15) is 0 Å². The molecule has 0 spiro atoms. The maximum atomic E-state index is 12.7. The number of H-pyrrole nitrogens is 1. The Balaban J connectivity index is 2.24. The number of carbonyl (C=O) groups excluding carboxylic acids is 1. The Bertz CT molecular complexity index is 442. The third-order valence-corrected chi connectivity index (χ3v) is 3.76. The summed E-state index contributed by atoms with van der Waals surface area (Å²) >= 11 is 0. The first-order valence-corrected chi connectivity index (χ1v) is 6.59. The number of piperazine rings is 1. The summed E-state index contributed by atoms with van der Waals surface area (Å²) in [6.07, 6.45) is 0. The van der Waals surface area contributed by atoms with Crippen molar-refractivity contribution in [2.24, 2.45) is 0 Å². The van der Waals surface area contributed by atoms with Crippen LogP contribution in [0.25, 0.3) is 0 Å². The molecule has 0 aromatic carbocycles. The second-order valence-corrected chi connectivity index (χ2v) is 5.66. The SMILES string of the molecule is Cc1cc(C(C)(C)C(=O)N2CCNCC2)c(C)[nH]1. The highest BCUT2D eigenvalue weighted by molar-refractivity contribution is 5.87. The smallest absolute Gasteiger partial charge is 0.232 e. The molecule has 2 rings (SSSR count). The number of aromatic amines is 1. The average Bonchev–Trinajstić information content (AvgIpc) is 2.69. The lowest BCUT2D eigenvalue weighted by Gasteiger charge is -2.34. The number of rotatable bonds is 2. The minimum absolute atomic E-state index is 0.228. The molecule has 1 aliphatic heterocycles. The van der Waals surface area contributed by atoms with Crippen molar-refractivity contribution in [2.45, 2.75) is 33.1 Å². The van der Waals surface area contributed by atoms with E-state index in [1.54, 1.807) is 0 Å². The first-order chi connectivity index (χ1) is 8.43. The molecule has 1 aromatic heterocycles. The number of nitrogens with one attached hydrogen (secondary N) is 2. The number of aromatic nitrogens is 1. The molecule has 1 aliphatic rings.